The molecule has 2 heterocycles. The molecule has 0 amide bonds. The first-order valence-corrected chi connectivity index (χ1v) is 7.94. The van der Waals surface area contributed by atoms with Gasteiger partial charge in [-0.05, 0) is 30.0 Å². The van der Waals surface area contributed by atoms with Crippen molar-refractivity contribution >= 4 is 17.0 Å². The van der Waals surface area contributed by atoms with Gasteiger partial charge in [0, 0.05) is 23.4 Å². The van der Waals surface area contributed by atoms with Gasteiger partial charge in [0.05, 0.1) is 9.80 Å². The molecular weight excluding hydrogens is 298 g/mol. The number of hydrogen-bond donors (Lipinski definition) is 1. The van der Waals surface area contributed by atoms with Crippen LogP contribution in [0.1, 0.15) is 19.0 Å². The largest absolute Gasteiger partial charge is 0.341 e. The van der Waals surface area contributed by atoms with Gasteiger partial charge in [0.2, 0.25) is 0 Å². The van der Waals surface area contributed by atoms with Gasteiger partial charge in [-0.1, -0.05) is 19.4 Å². The zero-order valence-corrected chi connectivity index (χ0v) is 12.9. The zero-order valence-electron chi connectivity index (χ0n) is 12.1. The Morgan fingerprint density at radius 1 is 1.27 bits per heavy atom. The van der Waals surface area contributed by atoms with Gasteiger partial charge in [0.25, 0.3) is 5.69 Å². The summed E-state index contributed by atoms with van der Waals surface area (Å²) in [4.78, 5) is 19.5. The Balaban J connectivity index is 2.00. The fourth-order valence-electron chi connectivity index (χ4n) is 2.34. The number of nitro benzene ring substituents is 1. The SMILES string of the molecule is CCCc1[nH]c(-c2ccc([N+](=O)[O-])cc2)nc1-c1cccs1. The number of H-pyrrole nitrogens is 1. The van der Waals surface area contributed by atoms with E-state index in [9.17, 15) is 10.1 Å². The molecule has 3 aromatic rings. The van der Waals surface area contributed by atoms with Crippen molar-refractivity contribution in [1.29, 1.82) is 0 Å². The zero-order chi connectivity index (χ0) is 15.5. The molecule has 2 aromatic heterocycles. The second kappa shape index (κ2) is 6.11. The third-order valence-electron chi connectivity index (χ3n) is 3.38. The molecule has 0 unspecified atom stereocenters. The molecule has 0 spiro atoms. The van der Waals surface area contributed by atoms with Crippen molar-refractivity contribution in [3.8, 4) is 22.0 Å². The monoisotopic (exact) mass is 313 g/mol. The minimum Gasteiger partial charge on any atom is -0.341 e. The van der Waals surface area contributed by atoms with Crippen LogP contribution < -0.4 is 0 Å². The normalized spacial score (nSPS) is 10.8. The number of hydrogen-bond acceptors (Lipinski definition) is 4. The summed E-state index contributed by atoms with van der Waals surface area (Å²) in [6.45, 7) is 2.13. The predicted molar refractivity (Wildman–Crippen MR) is 88.0 cm³/mol. The molecule has 22 heavy (non-hydrogen) atoms. The van der Waals surface area contributed by atoms with Gasteiger partial charge in [0.1, 0.15) is 11.5 Å². The number of nitro groups is 1. The lowest BCUT2D eigenvalue weighted by atomic mass is 10.2. The summed E-state index contributed by atoms with van der Waals surface area (Å²) in [7, 11) is 0. The van der Waals surface area contributed by atoms with E-state index in [1.54, 1.807) is 23.5 Å². The van der Waals surface area contributed by atoms with Crippen LogP contribution in [0.3, 0.4) is 0 Å². The van der Waals surface area contributed by atoms with Crippen LogP contribution in [-0.4, -0.2) is 14.9 Å². The lowest BCUT2D eigenvalue weighted by molar-refractivity contribution is -0.384. The maximum absolute atomic E-state index is 10.7. The summed E-state index contributed by atoms with van der Waals surface area (Å²) in [6, 6.07) is 10.5. The van der Waals surface area contributed by atoms with Gasteiger partial charge in [0.15, 0.2) is 0 Å². The molecule has 0 aliphatic heterocycles. The summed E-state index contributed by atoms with van der Waals surface area (Å²) in [5, 5.41) is 12.8. The number of nitrogens with one attached hydrogen (secondary N) is 1. The van der Waals surface area contributed by atoms with Crippen LogP contribution in [0.2, 0.25) is 0 Å². The quantitative estimate of drug-likeness (QED) is 0.549. The molecule has 0 fully saturated rings. The second-order valence-corrected chi connectivity index (χ2v) is 5.89. The molecule has 0 radical (unpaired) electrons. The van der Waals surface area contributed by atoms with E-state index in [4.69, 9.17) is 4.98 Å². The molecule has 0 bridgehead atoms. The number of benzene rings is 1. The first kappa shape index (κ1) is 14.5. The van der Waals surface area contributed by atoms with Crippen molar-refractivity contribution in [3.05, 3.63) is 57.6 Å². The number of rotatable bonds is 5. The van der Waals surface area contributed by atoms with Gasteiger partial charge < -0.3 is 4.98 Å². The highest BCUT2D eigenvalue weighted by molar-refractivity contribution is 7.13. The average Bonchev–Trinajstić information content (AvgIpc) is 3.16. The van der Waals surface area contributed by atoms with Crippen LogP contribution >= 0.6 is 11.3 Å². The smallest absolute Gasteiger partial charge is 0.269 e. The Hall–Kier alpha value is -2.47. The molecule has 0 atom stereocenters. The lowest BCUT2D eigenvalue weighted by Gasteiger charge is -1.97. The minimum atomic E-state index is -0.397. The van der Waals surface area contributed by atoms with Crippen LogP contribution in [-0.2, 0) is 6.42 Å². The van der Waals surface area contributed by atoms with Crippen molar-refractivity contribution in [3.63, 3.8) is 0 Å². The minimum absolute atomic E-state index is 0.0857. The number of imidazole rings is 1. The van der Waals surface area contributed by atoms with E-state index >= 15 is 0 Å². The molecule has 0 aliphatic carbocycles. The summed E-state index contributed by atoms with van der Waals surface area (Å²) in [5.41, 5.74) is 3.02. The number of non-ortho nitro benzene ring substituents is 1. The molecule has 0 saturated carbocycles. The fourth-order valence-corrected chi connectivity index (χ4v) is 3.08. The maximum Gasteiger partial charge on any atom is 0.269 e. The summed E-state index contributed by atoms with van der Waals surface area (Å²) >= 11 is 1.66. The van der Waals surface area contributed by atoms with Crippen molar-refractivity contribution in [2.45, 2.75) is 19.8 Å². The molecule has 1 N–H and O–H groups in total. The van der Waals surface area contributed by atoms with Crippen molar-refractivity contribution in [2.24, 2.45) is 0 Å². The first-order valence-electron chi connectivity index (χ1n) is 7.06. The second-order valence-electron chi connectivity index (χ2n) is 4.94. The Kier molecular flexibility index (Phi) is 4.02. The topological polar surface area (TPSA) is 71.8 Å². The summed E-state index contributed by atoms with van der Waals surface area (Å²) < 4.78 is 0. The third-order valence-corrected chi connectivity index (χ3v) is 4.26. The Morgan fingerprint density at radius 2 is 2.05 bits per heavy atom. The molecule has 0 saturated heterocycles. The van der Waals surface area contributed by atoms with Gasteiger partial charge in [-0.3, -0.25) is 10.1 Å². The van der Waals surface area contributed by atoms with E-state index < -0.39 is 4.92 Å². The predicted octanol–water partition coefficient (Wildman–Crippen LogP) is 4.67. The number of aromatic nitrogens is 2. The average molecular weight is 313 g/mol. The summed E-state index contributed by atoms with van der Waals surface area (Å²) in [6.07, 6.45) is 1.95. The van der Waals surface area contributed by atoms with E-state index in [1.165, 1.54) is 12.1 Å². The van der Waals surface area contributed by atoms with Crippen LogP contribution in [0.25, 0.3) is 22.0 Å². The van der Waals surface area contributed by atoms with E-state index in [0.29, 0.717) is 0 Å². The molecule has 5 nitrogen and oxygen atoms in total. The van der Waals surface area contributed by atoms with Crippen LogP contribution in [0.5, 0.6) is 0 Å². The molecule has 112 valence electrons. The highest BCUT2D eigenvalue weighted by Crippen LogP contribution is 2.30. The molecule has 0 aliphatic rings. The standard InChI is InChI=1S/C16H15N3O2S/c1-2-4-13-15(14-5-3-10-22-14)18-16(17-13)11-6-8-12(9-7-11)19(20)21/h3,5-10H,2,4H2,1H3,(H,17,18). The van der Waals surface area contributed by atoms with Gasteiger partial charge >= 0.3 is 0 Å². The Morgan fingerprint density at radius 3 is 2.64 bits per heavy atom. The van der Waals surface area contributed by atoms with Crippen LogP contribution in [0, 0.1) is 10.1 Å². The number of nitrogens with zero attached hydrogens (tertiary/aromatic N) is 2. The van der Waals surface area contributed by atoms with Crippen molar-refractivity contribution in [2.75, 3.05) is 0 Å². The number of aryl methyl sites for hydroxylation is 1. The van der Waals surface area contributed by atoms with Crippen LogP contribution in [0.15, 0.2) is 41.8 Å². The van der Waals surface area contributed by atoms with E-state index in [1.807, 2.05) is 11.4 Å². The van der Waals surface area contributed by atoms with E-state index in [2.05, 4.69) is 18.0 Å². The highest BCUT2D eigenvalue weighted by atomic mass is 32.1. The highest BCUT2D eigenvalue weighted by Gasteiger charge is 2.14. The van der Waals surface area contributed by atoms with Gasteiger partial charge in [-0.2, -0.15) is 0 Å². The van der Waals surface area contributed by atoms with Crippen molar-refractivity contribution < 1.29 is 4.92 Å². The Labute approximate surface area is 131 Å². The van der Waals surface area contributed by atoms with Crippen LogP contribution in [0.4, 0.5) is 5.69 Å². The van der Waals surface area contributed by atoms with Gasteiger partial charge in [-0.15, -0.1) is 11.3 Å². The van der Waals surface area contributed by atoms with Gasteiger partial charge in [-0.25, -0.2) is 4.98 Å². The van der Waals surface area contributed by atoms with E-state index in [0.717, 1.165) is 40.5 Å². The lowest BCUT2D eigenvalue weighted by Crippen LogP contribution is -1.88. The number of thiophene rings is 1. The Bertz CT molecular complexity index is 776. The van der Waals surface area contributed by atoms with Crippen molar-refractivity contribution in [1.82, 2.24) is 9.97 Å². The number of aromatic amines is 1. The molecule has 1 aromatic carbocycles. The van der Waals surface area contributed by atoms with E-state index in [-0.39, 0.29) is 5.69 Å². The summed E-state index contributed by atoms with van der Waals surface area (Å²) in [5.74, 6) is 0.752. The molecule has 3 rings (SSSR count). The first-order chi connectivity index (χ1) is 10.7. The molecule has 6 heteroatoms. The fraction of sp³-hybridized carbons (Fsp3) is 0.188. The maximum atomic E-state index is 10.7. The third kappa shape index (κ3) is 2.78. The molecular formula is C16H15N3O2S.